The van der Waals surface area contributed by atoms with Crippen molar-refractivity contribution in [1.82, 2.24) is 9.78 Å². The number of carbonyl (C=O) groups is 1. The Morgan fingerprint density at radius 3 is 2.92 bits per heavy atom. The van der Waals surface area contributed by atoms with Crippen molar-refractivity contribution in [2.24, 2.45) is 7.05 Å². The number of ether oxygens (including phenoxy) is 1. The average molecular weight is 203 g/mol. The lowest BCUT2D eigenvalue weighted by atomic mass is 10.4. The van der Waals surface area contributed by atoms with Crippen LogP contribution in [0, 0.1) is 0 Å². The summed E-state index contributed by atoms with van der Waals surface area (Å²) in [6.45, 7) is 2.35. The number of rotatable bonds is 3. The fourth-order valence-electron chi connectivity index (χ4n) is 0.892. The Kier molecular flexibility index (Phi) is 3.31. The van der Waals surface area contributed by atoms with Crippen LogP contribution in [0.15, 0.2) is 6.07 Å². The van der Waals surface area contributed by atoms with Crippen molar-refractivity contribution >= 4 is 17.6 Å². The lowest BCUT2D eigenvalue weighted by Crippen LogP contribution is -2.10. The summed E-state index contributed by atoms with van der Waals surface area (Å²) < 4.78 is 6.32. The van der Waals surface area contributed by atoms with Crippen LogP contribution in [0.2, 0.25) is 5.15 Å². The number of esters is 1. The molecule has 0 aromatic carbocycles. The minimum Gasteiger partial charge on any atom is -0.461 e. The van der Waals surface area contributed by atoms with E-state index >= 15 is 0 Å². The van der Waals surface area contributed by atoms with E-state index in [9.17, 15) is 4.79 Å². The first kappa shape index (κ1) is 10.1. The third-order valence-corrected chi connectivity index (χ3v) is 1.68. The monoisotopic (exact) mass is 202 g/mol. The molecule has 1 rings (SSSR count). The van der Waals surface area contributed by atoms with Crippen LogP contribution in [0.5, 0.6) is 0 Å². The molecule has 0 atom stereocenters. The van der Waals surface area contributed by atoms with E-state index in [0.29, 0.717) is 17.5 Å². The molecule has 72 valence electrons. The fraction of sp³-hybridized carbons (Fsp3) is 0.500. The van der Waals surface area contributed by atoms with Gasteiger partial charge in [0, 0.05) is 13.1 Å². The predicted molar refractivity (Wildman–Crippen MR) is 48.8 cm³/mol. The highest BCUT2D eigenvalue weighted by Crippen LogP contribution is 2.09. The van der Waals surface area contributed by atoms with Gasteiger partial charge in [-0.15, -0.1) is 0 Å². The van der Waals surface area contributed by atoms with Crippen LogP contribution in [-0.4, -0.2) is 22.4 Å². The molecule has 1 aromatic heterocycles. The summed E-state index contributed by atoms with van der Waals surface area (Å²) in [6, 6.07) is 1.49. The molecule has 0 aliphatic rings. The van der Waals surface area contributed by atoms with Gasteiger partial charge in [0.25, 0.3) is 0 Å². The van der Waals surface area contributed by atoms with Gasteiger partial charge in [-0.3, -0.25) is 4.68 Å². The maximum absolute atomic E-state index is 11.3. The minimum atomic E-state index is -0.385. The predicted octanol–water partition coefficient (Wildman–Crippen LogP) is 1.64. The van der Waals surface area contributed by atoms with Gasteiger partial charge >= 0.3 is 5.97 Å². The molecule has 0 spiro atoms. The largest absolute Gasteiger partial charge is 0.461 e. The first-order chi connectivity index (χ1) is 6.15. The van der Waals surface area contributed by atoms with E-state index in [2.05, 4.69) is 5.10 Å². The van der Waals surface area contributed by atoms with Gasteiger partial charge in [-0.2, -0.15) is 5.10 Å². The number of carbonyl (C=O) groups excluding carboxylic acids is 1. The summed E-state index contributed by atoms with van der Waals surface area (Å²) in [7, 11) is 1.65. The lowest BCUT2D eigenvalue weighted by molar-refractivity contribution is 0.0492. The van der Waals surface area contributed by atoms with Gasteiger partial charge in [0.1, 0.15) is 5.69 Å². The van der Waals surface area contributed by atoms with Gasteiger partial charge in [0.05, 0.1) is 6.61 Å². The number of hydrogen-bond donors (Lipinski definition) is 0. The summed E-state index contributed by atoms with van der Waals surface area (Å²) >= 11 is 5.60. The van der Waals surface area contributed by atoms with Crippen molar-refractivity contribution in [3.8, 4) is 0 Å². The van der Waals surface area contributed by atoms with Crippen LogP contribution in [0.4, 0.5) is 0 Å². The number of aromatic nitrogens is 2. The highest BCUT2D eigenvalue weighted by molar-refractivity contribution is 6.29. The van der Waals surface area contributed by atoms with Crippen molar-refractivity contribution in [2.75, 3.05) is 6.61 Å². The third kappa shape index (κ3) is 2.45. The topological polar surface area (TPSA) is 44.1 Å². The number of nitrogens with zero attached hydrogens (tertiary/aromatic N) is 2. The summed E-state index contributed by atoms with van der Waals surface area (Å²) in [5.74, 6) is -0.385. The maximum atomic E-state index is 11.3. The van der Waals surface area contributed by atoms with Gasteiger partial charge in [-0.05, 0) is 6.42 Å². The first-order valence-corrected chi connectivity index (χ1v) is 4.39. The highest BCUT2D eigenvalue weighted by atomic mass is 35.5. The molecular formula is C8H11ClN2O2. The normalized spacial score (nSPS) is 10.1. The van der Waals surface area contributed by atoms with Crippen LogP contribution in [0.1, 0.15) is 23.8 Å². The fourth-order valence-corrected chi connectivity index (χ4v) is 1.11. The Hall–Kier alpha value is -1.03. The molecule has 0 saturated heterocycles. The Balaban J connectivity index is 2.70. The molecule has 0 saturated carbocycles. The van der Waals surface area contributed by atoms with Gasteiger partial charge in [0.2, 0.25) is 0 Å². The zero-order chi connectivity index (χ0) is 9.84. The van der Waals surface area contributed by atoms with Gasteiger partial charge in [0.15, 0.2) is 5.15 Å². The van der Waals surface area contributed by atoms with Crippen molar-refractivity contribution < 1.29 is 9.53 Å². The van der Waals surface area contributed by atoms with E-state index in [4.69, 9.17) is 16.3 Å². The number of hydrogen-bond acceptors (Lipinski definition) is 3. The van der Waals surface area contributed by atoms with E-state index in [1.54, 1.807) is 7.05 Å². The molecule has 0 radical (unpaired) electrons. The summed E-state index contributed by atoms with van der Waals surface area (Å²) in [6.07, 6.45) is 0.803. The molecule has 0 N–H and O–H groups in total. The second kappa shape index (κ2) is 4.28. The van der Waals surface area contributed by atoms with Crippen LogP contribution in [-0.2, 0) is 11.8 Å². The standard InChI is InChI=1S/C8H11ClN2O2/c1-3-4-13-8(12)6-5-7(9)10-11(6)2/h5H,3-4H2,1-2H3. The van der Waals surface area contributed by atoms with Crippen molar-refractivity contribution in [3.63, 3.8) is 0 Å². The van der Waals surface area contributed by atoms with E-state index in [0.717, 1.165) is 6.42 Å². The molecular weight excluding hydrogens is 192 g/mol. The van der Waals surface area contributed by atoms with E-state index in [1.807, 2.05) is 6.92 Å². The molecule has 13 heavy (non-hydrogen) atoms. The molecule has 0 unspecified atom stereocenters. The van der Waals surface area contributed by atoms with Crippen LogP contribution in [0.25, 0.3) is 0 Å². The number of halogens is 1. The second-order valence-corrected chi connectivity index (χ2v) is 3.00. The smallest absolute Gasteiger partial charge is 0.356 e. The Labute approximate surface area is 81.4 Å². The zero-order valence-electron chi connectivity index (χ0n) is 7.58. The lowest BCUT2D eigenvalue weighted by Gasteiger charge is -2.01. The van der Waals surface area contributed by atoms with Gasteiger partial charge in [-0.1, -0.05) is 18.5 Å². The highest BCUT2D eigenvalue weighted by Gasteiger charge is 2.12. The van der Waals surface area contributed by atoms with E-state index in [-0.39, 0.29) is 5.97 Å². The molecule has 1 aromatic rings. The summed E-state index contributed by atoms with van der Waals surface area (Å²) in [5.41, 5.74) is 0.374. The maximum Gasteiger partial charge on any atom is 0.356 e. The zero-order valence-corrected chi connectivity index (χ0v) is 8.34. The Morgan fingerprint density at radius 1 is 1.77 bits per heavy atom. The average Bonchev–Trinajstić information content (AvgIpc) is 2.41. The Bertz CT molecular complexity index is 309. The molecule has 5 heteroatoms. The van der Waals surface area contributed by atoms with Gasteiger partial charge in [-0.25, -0.2) is 4.79 Å². The summed E-state index contributed by atoms with van der Waals surface area (Å²) in [4.78, 5) is 11.3. The van der Waals surface area contributed by atoms with Gasteiger partial charge < -0.3 is 4.74 Å². The van der Waals surface area contributed by atoms with Crippen molar-refractivity contribution in [1.29, 1.82) is 0 Å². The quantitative estimate of drug-likeness (QED) is 0.700. The molecule has 4 nitrogen and oxygen atoms in total. The SMILES string of the molecule is CCCOC(=O)c1cc(Cl)nn1C. The van der Waals surface area contributed by atoms with Crippen molar-refractivity contribution in [3.05, 3.63) is 16.9 Å². The second-order valence-electron chi connectivity index (χ2n) is 2.61. The summed E-state index contributed by atoms with van der Waals surface area (Å²) in [5, 5.41) is 4.12. The third-order valence-electron chi connectivity index (χ3n) is 1.50. The molecule has 0 fully saturated rings. The molecule has 0 amide bonds. The van der Waals surface area contributed by atoms with Crippen LogP contribution in [0.3, 0.4) is 0 Å². The number of aryl methyl sites for hydroxylation is 1. The van der Waals surface area contributed by atoms with Crippen LogP contribution < -0.4 is 0 Å². The van der Waals surface area contributed by atoms with E-state index in [1.165, 1.54) is 10.7 Å². The molecule has 0 aliphatic heterocycles. The molecule has 1 heterocycles. The van der Waals surface area contributed by atoms with Crippen molar-refractivity contribution in [2.45, 2.75) is 13.3 Å². The van der Waals surface area contributed by atoms with Crippen LogP contribution >= 0.6 is 11.6 Å². The molecule has 0 aliphatic carbocycles. The first-order valence-electron chi connectivity index (χ1n) is 4.01. The molecule has 0 bridgehead atoms. The minimum absolute atomic E-state index is 0.297. The van der Waals surface area contributed by atoms with E-state index < -0.39 is 0 Å². The Morgan fingerprint density at radius 2 is 2.46 bits per heavy atom.